The summed E-state index contributed by atoms with van der Waals surface area (Å²) in [7, 11) is -3.78. The molecule has 1 aromatic heterocycles. The normalized spacial score (nSPS) is 25.1. The maximum atomic E-state index is 13.1. The topological polar surface area (TPSA) is 69.0 Å². The van der Waals surface area contributed by atoms with E-state index >= 15 is 0 Å². The summed E-state index contributed by atoms with van der Waals surface area (Å²) in [4.78, 5) is 12.8. The van der Waals surface area contributed by atoms with Crippen molar-refractivity contribution in [3.63, 3.8) is 0 Å². The van der Waals surface area contributed by atoms with E-state index in [9.17, 15) is 13.2 Å². The van der Waals surface area contributed by atoms with Gasteiger partial charge in [-0.3, -0.25) is 4.79 Å². The van der Waals surface area contributed by atoms with Crippen LogP contribution in [0.2, 0.25) is 0 Å². The Kier molecular flexibility index (Phi) is 3.56. The summed E-state index contributed by atoms with van der Waals surface area (Å²) in [6.45, 7) is 1.92. The van der Waals surface area contributed by atoms with Crippen LogP contribution in [0.1, 0.15) is 36.0 Å². The smallest absolute Gasteiger partial charge is 0.282 e. The zero-order valence-corrected chi connectivity index (χ0v) is 17.9. The van der Waals surface area contributed by atoms with Gasteiger partial charge < -0.3 is 0 Å². The van der Waals surface area contributed by atoms with Gasteiger partial charge in [-0.15, -0.1) is 0 Å². The zero-order valence-electron chi connectivity index (χ0n) is 16.4. The molecule has 7 heteroatoms. The number of nitrogens with zero attached hydrogens (tertiary/aromatic N) is 2. The molecule has 2 bridgehead atoms. The number of hydrogen-bond acceptors (Lipinski definition) is 4. The highest BCUT2D eigenvalue weighted by Gasteiger charge is 2.54. The summed E-state index contributed by atoms with van der Waals surface area (Å²) in [6, 6.07) is 10.5. The standard InChI is InChI=1S/C23H19ClN2O3S/c1-13-2-4-15(5-3-13)30(28,29)26-12-18-17-11-23-9-8-14(10-23)22(27)21(24)20(23)16(17)6-7-19(18)25-26/h2-7,12,14H,8-11H2,1H3/t14-,23+/m1/s1. The van der Waals surface area contributed by atoms with Gasteiger partial charge in [0, 0.05) is 16.7 Å². The van der Waals surface area contributed by atoms with E-state index in [0.29, 0.717) is 10.5 Å². The van der Waals surface area contributed by atoms with Crippen LogP contribution >= 0.6 is 11.6 Å². The van der Waals surface area contributed by atoms with E-state index in [4.69, 9.17) is 11.6 Å². The molecular formula is C23H19ClN2O3S. The highest BCUT2D eigenvalue weighted by molar-refractivity contribution is 7.89. The molecule has 1 heterocycles. The van der Waals surface area contributed by atoms with E-state index in [0.717, 1.165) is 57.4 Å². The van der Waals surface area contributed by atoms with E-state index in [1.165, 1.54) is 0 Å². The summed E-state index contributed by atoms with van der Waals surface area (Å²) < 4.78 is 27.3. The number of hydrogen-bond donors (Lipinski definition) is 0. The van der Waals surface area contributed by atoms with Crippen molar-refractivity contribution in [1.82, 2.24) is 9.19 Å². The summed E-state index contributed by atoms with van der Waals surface area (Å²) >= 11 is 6.56. The molecule has 3 aliphatic rings. The van der Waals surface area contributed by atoms with Crippen LogP contribution in [0.25, 0.3) is 16.5 Å². The van der Waals surface area contributed by atoms with Gasteiger partial charge in [-0.05, 0) is 67.5 Å². The second kappa shape index (κ2) is 5.83. The molecule has 2 aromatic carbocycles. The maximum Gasteiger partial charge on any atom is 0.282 e. The number of aromatic nitrogens is 2. The first kappa shape index (κ1) is 18.3. The number of benzene rings is 2. The van der Waals surface area contributed by atoms with Gasteiger partial charge in [0.1, 0.15) is 0 Å². The molecule has 6 rings (SSSR count). The number of Topliss-reactive ketones (excluding diaryl/α,β-unsaturated/α-hetero) is 1. The van der Waals surface area contributed by atoms with Crippen molar-refractivity contribution in [1.29, 1.82) is 0 Å². The summed E-state index contributed by atoms with van der Waals surface area (Å²) in [5, 5.41) is 5.58. The summed E-state index contributed by atoms with van der Waals surface area (Å²) in [5.41, 5.74) is 4.54. The van der Waals surface area contributed by atoms with E-state index in [2.05, 4.69) is 5.10 Å². The quantitative estimate of drug-likeness (QED) is 0.592. The third-order valence-corrected chi connectivity index (χ3v) is 9.00. The molecule has 0 unspecified atom stereocenters. The molecule has 1 fully saturated rings. The van der Waals surface area contributed by atoms with E-state index in [1.54, 1.807) is 30.5 Å². The van der Waals surface area contributed by atoms with Crippen molar-refractivity contribution in [3.8, 4) is 0 Å². The molecule has 0 N–H and O–H groups in total. The monoisotopic (exact) mass is 438 g/mol. The van der Waals surface area contributed by atoms with E-state index in [1.807, 2.05) is 19.1 Å². The van der Waals surface area contributed by atoms with Gasteiger partial charge in [0.2, 0.25) is 0 Å². The van der Waals surface area contributed by atoms with Crippen molar-refractivity contribution in [2.75, 3.05) is 0 Å². The van der Waals surface area contributed by atoms with Crippen LogP contribution in [0.5, 0.6) is 0 Å². The molecule has 0 aliphatic heterocycles. The predicted molar refractivity (Wildman–Crippen MR) is 115 cm³/mol. The average molecular weight is 439 g/mol. The first-order valence-electron chi connectivity index (χ1n) is 10.1. The molecule has 0 saturated heterocycles. The fraction of sp³-hybridized carbons (Fsp3) is 0.304. The predicted octanol–water partition coefficient (Wildman–Crippen LogP) is 4.46. The van der Waals surface area contributed by atoms with Crippen LogP contribution in [0, 0.1) is 18.3 Å². The van der Waals surface area contributed by atoms with Gasteiger partial charge >= 0.3 is 0 Å². The lowest BCUT2D eigenvalue weighted by Crippen LogP contribution is -2.25. The van der Waals surface area contributed by atoms with Gasteiger partial charge in [-0.2, -0.15) is 17.6 Å². The molecule has 30 heavy (non-hydrogen) atoms. The number of allylic oxidation sites excluding steroid dienone is 2. The molecule has 3 aliphatic carbocycles. The second-order valence-corrected chi connectivity index (χ2v) is 11.0. The molecule has 2 atom stereocenters. The lowest BCUT2D eigenvalue weighted by Gasteiger charge is -2.30. The Morgan fingerprint density at radius 1 is 1.17 bits per heavy atom. The van der Waals surface area contributed by atoms with Crippen molar-refractivity contribution >= 4 is 43.9 Å². The molecule has 0 amide bonds. The van der Waals surface area contributed by atoms with Gasteiger partial charge in [-0.25, -0.2) is 0 Å². The molecule has 5 nitrogen and oxygen atoms in total. The van der Waals surface area contributed by atoms with Gasteiger partial charge in [0.15, 0.2) is 5.78 Å². The number of carbonyl (C=O) groups excluding carboxylic acids is 1. The fourth-order valence-electron chi connectivity index (χ4n) is 5.60. The van der Waals surface area contributed by atoms with Crippen LogP contribution in [0.3, 0.4) is 0 Å². The van der Waals surface area contributed by atoms with E-state index < -0.39 is 10.0 Å². The Morgan fingerprint density at radius 3 is 2.70 bits per heavy atom. The molecule has 1 spiro atoms. The lowest BCUT2D eigenvalue weighted by molar-refractivity contribution is -0.118. The largest absolute Gasteiger partial charge is 0.293 e. The van der Waals surface area contributed by atoms with Crippen LogP contribution < -0.4 is 0 Å². The first-order valence-corrected chi connectivity index (χ1v) is 11.9. The van der Waals surface area contributed by atoms with Crippen molar-refractivity contribution in [2.24, 2.45) is 11.3 Å². The van der Waals surface area contributed by atoms with Crippen molar-refractivity contribution < 1.29 is 13.2 Å². The molecule has 3 aromatic rings. The second-order valence-electron chi connectivity index (χ2n) is 8.79. The van der Waals surface area contributed by atoms with Crippen LogP contribution in [0.4, 0.5) is 0 Å². The van der Waals surface area contributed by atoms with Crippen molar-refractivity contribution in [3.05, 3.63) is 64.3 Å². The third-order valence-electron chi connectivity index (χ3n) is 7.07. The fourth-order valence-corrected chi connectivity index (χ4v) is 7.19. The van der Waals surface area contributed by atoms with E-state index in [-0.39, 0.29) is 22.0 Å². The highest BCUT2D eigenvalue weighted by atomic mass is 35.5. The van der Waals surface area contributed by atoms with Gasteiger partial charge in [0.05, 0.1) is 21.6 Å². The number of carbonyl (C=O) groups is 1. The Bertz CT molecular complexity index is 1400. The van der Waals surface area contributed by atoms with Crippen LogP contribution in [-0.4, -0.2) is 23.4 Å². The summed E-state index contributed by atoms with van der Waals surface area (Å²) in [6.07, 6.45) is 5.05. The minimum absolute atomic E-state index is 0.0238. The molecule has 0 radical (unpaired) electrons. The third kappa shape index (κ3) is 2.26. The highest BCUT2D eigenvalue weighted by Crippen LogP contribution is 2.63. The molecule has 152 valence electrons. The Balaban J connectivity index is 1.54. The number of fused-ring (bicyclic) bond motifs is 5. The SMILES string of the molecule is Cc1ccc(S(=O)(=O)n2cc3c4c(ccc3n2)C2=C(Cl)C(=O)[C@@H]3CC[C@@]2(C4)C3)cc1. The minimum Gasteiger partial charge on any atom is -0.293 e. The minimum atomic E-state index is -3.78. The Labute approximate surface area is 179 Å². The Hall–Kier alpha value is -2.44. The Morgan fingerprint density at radius 2 is 1.93 bits per heavy atom. The first-order chi connectivity index (χ1) is 14.3. The van der Waals surface area contributed by atoms with Crippen molar-refractivity contribution in [2.45, 2.75) is 37.5 Å². The van der Waals surface area contributed by atoms with Crippen LogP contribution in [0.15, 0.2) is 52.5 Å². The number of rotatable bonds is 2. The number of halogens is 1. The molecule has 1 saturated carbocycles. The summed E-state index contributed by atoms with van der Waals surface area (Å²) in [5.74, 6) is 0.0843. The lowest BCUT2D eigenvalue weighted by atomic mass is 9.74. The van der Waals surface area contributed by atoms with Crippen LogP contribution in [-0.2, 0) is 21.2 Å². The average Bonchev–Trinajstić information content (AvgIpc) is 3.41. The number of aryl methyl sites for hydroxylation is 1. The zero-order chi connectivity index (χ0) is 20.8. The molecular weight excluding hydrogens is 420 g/mol. The number of ketones is 1. The maximum absolute atomic E-state index is 13.1. The van der Waals surface area contributed by atoms with Gasteiger partial charge in [0.25, 0.3) is 10.0 Å². The van der Waals surface area contributed by atoms with Gasteiger partial charge in [-0.1, -0.05) is 35.4 Å².